The number of hydrogen-bond acceptors (Lipinski definition) is 1. The van der Waals surface area contributed by atoms with Crippen LogP contribution in [0.25, 0.3) is 0 Å². The molecule has 0 aliphatic carbocycles. The van der Waals surface area contributed by atoms with Crippen molar-refractivity contribution in [2.45, 2.75) is 35.0 Å². The summed E-state index contributed by atoms with van der Waals surface area (Å²) in [5, 5.41) is 0. The molecule has 1 nitrogen and oxygen atoms in total. The molecule has 2 rings (SSSR count). The van der Waals surface area contributed by atoms with Crippen molar-refractivity contribution in [3.8, 4) is 0 Å². The number of benzene rings is 2. The lowest BCUT2D eigenvalue weighted by molar-refractivity contribution is -0.129. The molecule has 0 aliphatic rings. The number of rotatable bonds is 4. The second-order valence-corrected chi connectivity index (χ2v) is 6.95. The van der Waals surface area contributed by atoms with Gasteiger partial charge in [-0.15, -0.1) is 0 Å². The van der Waals surface area contributed by atoms with E-state index in [-0.39, 0.29) is 0 Å². The van der Waals surface area contributed by atoms with E-state index in [1.165, 1.54) is 0 Å². The van der Waals surface area contributed by atoms with Crippen LogP contribution in [-0.2, 0) is 24.0 Å². The quantitative estimate of drug-likeness (QED) is 0.449. The predicted molar refractivity (Wildman–Crippen MR) is 76.9 cm³/mol. The molecule has 0 unspecified atom stereocenters. The molecule has 0 aliphatic heterocycles. The minimum absolute atomic E-state index is 0.357. The van der Waals surface area contributed by atoms with Crippen molar-refractivity contribution in [1.29, 1.82) is 0 Å². The lowest BCUT2D eigenvalue weighted by Gasteiger charge is -2.16. The second-order valence-electron chi connectivity index (χ2n) is 5.53. The third kappa shape index (κ3) is 5.10. The van der Waals surface area contributed by atoms with E-state index in [0.717, 1.165) is 0 Å². The van der Waals surface area contributed by atoms with Crippen molar-refractivity contribution in [1.82, 2.24) is 0 Å². The second kappa shape index (κ2) is 7.82. The first-order valence-corrected chi connectivity index (χ1v) is 8.35. The van der Waals surface area contributed by atoms with Crippen LogP contribution in [0.4, 0.5) is 43.9 Å². The summed E-state index contributed by atoms with van der Waals surface area (Å²) in [6, 6.07) is 1.64. The van der Waals surface area contributed by atoms with Crippen LogP contribution in [-0.4, -0.2) is 16.9 Å². The predicted octanol–water partition coefficient (Wildman–Crippen LogP) is 5.62. The smallest absolute Gasteiger partial charge is 0.393 e. The average molecular weight is 438 g/mol. The van der Waals surface area contributed by atoms with Crippen LogP contribution >= 0.6 is 0 Å². The lowest BCUT2D eigenvalue weighted by atomic mass is 10.1. The molecule has 0 fully saturated rings. The van der Waals surface area contributed by atoms with Crippen molar-refractivity contribution in [3.63, 3.8) is 0 Å². The first-order chi connectivity index (χ1) is 12.7. The van der Waals surface area contributed by atoms with E-state index in [9.17, 15) is 48.5 Å². The lowest BCUT2D eigenvalue weighted by Crippen LogP contribution is -2.18. The fourth-order valence-electron chi connectivity index (χ4n) is 2.28. The van der Waals surface area contributed by atoms with Crippen molar-refractivity contribution in [2.75, 3.05) is 0 Å². The molecule has 0 amide bonds. The molecular formula is C16H8F10OS. The van der Waals surface area contributed by atoms with Crippen LogP contribution in [0.3, 0.4) is 0 Å². The fraction of sp³-hybridized carbons (Fsp3) is 0.250. The molecule has 2 aromatic rings. The molecule has 0 radical (unpaired) electrons. The van der Waals surface area contributed by atoms with E-state index >= 15 is 0 Å². The summed E-state index contributed by atoms with van der Waals surface area (Å²) in [6.07, 6.45) is -14.2. The SMILES string of the molecule is [O-][S+](c1ccc(F)c(CC(F)(F)F)c1F)c1ccc(F)c(CC(F)(F)F)c1F. The zero-order chi connectivity index (χ0) is 21.4. The summed E-state index contributed by atoms with van der Waals surface area (Å²) >= 11 is -2.98. The Morgan fingerprint density at radius 1 is 0.643 bits per heavy atom. The third-order valence-corrected chi connectivity index (χ3v) is 4.88. The highest BCUT2D eigenvalue weighted by molar-refractivity contribution is 7.91. The van der Waals surface area contributed by atoms with Gasteiger partial charge in [-0.05, 0) is 24.3 Å². The van der Waals surface area contributed by atoms with Gasteiger partial charge in [0.1, 0.15) is 11.6 Å². The van der Waals surface area contributed by atoms with Gasteiger partial charge < -0.3 is 4.55 Å². The standard InChI is InChI=1S/C16H8F10OS/c17-9-1-3-11(13(19)7(9)5-15(21,22)23)28(27)12-4-2-10(18)8(14(12)20)6-16(24,25)26/h1-4H,5-6H2. The van der Waals surface area contributed by atoms with Crippen LogP contribution in [0.2, 0.25) is 0 Å². The molecule has 0 heterocycles. The molecule has 0 aromatic heterocycles. The molecule has 0 spiro atoms. The minimum atomic E-state index is -5.03. The molecule has 0 atom stereocenters. The molecule has 2 aromatic carbocycles. The maximum Gasteiger partial charge on any atom is 0.393 e. The van der Waals surface area contributed by atoms with Gasteiger partial charge in [0.2, 0.25) is 0 Å². The van der Waals surface area contributed by atoms with Crippen molar-refractivity contribution >= 4 is 11.2 Å². The normalized spacial score (nSPS) is 12.7. The Kier molecular flexibility index (Phi) is 6.24. The highest BCUT2D eigenvalue weighted by atomic mass is 32.2. The van der Waals surface area contributed by atoms with Gasteiger partial charge in [0.25, 0.3) is 0 Å². The van der Waals surface area contributed by atoms with Crippen LogP contribution in [0, 0.1) is 23.3 Å². The topological polar surface area (TPSA) is 23.1 Å². The maximum absolute atomic E-state index is 14.3. The van der Waals surface area contributed by atoms with Gasteiger partial charge in [0.05, 0.1) is 12.8 Å². The Labute approximate surface area is 154 Å². The average Bonchev–Trinajstić information content (AvgIpc) is 2.53. The number of hydrogen-bond donors (Lipinski definition) is 0. The molecule has 28 heavy (non-hydrogen) atoms. The van der Waals surface area contributed by atoms with E-state index in [1.54, 1.807) is 0 Å². The minimum Gasteiger partial charge on any atom is -0.606 e. The van der Waals surface area contributed by atoms with Crippen LogP contribution in [0.15, 0.2) is 34.1 Å². The fourth-order valence-corrected chi connectivity index (χ4v) is 3.47. The Hall–Kier alpha value is -1.95. The number of halogens is 10. The van der Waals surface area contributed by atoms with Gasteiger partial charge in [0.15, 0.2) is 21.4 Å². The van der Waals surface area contributed by atoms with E-state index < -0.39 is 80.6 Å². The summed E-state index contributed by atoms with van der Waals surface area (Å²) in [5.41, 5.74) is -2.98. The molecular weight excluding hydrogens is 430 g/mol. The van der Waals surface area contributed by atoms with Gasteiger partial charge >= 0.3 is 12.4 Å². The zero-order valence-electron chi connectivity index (χ0n) is 13.3. The Morgan fingerprint density at radius 2 is 0.964 bits per heavy atom. The summed E-state index contributed by atoms with van der Waals surface area (Å²) in [6.45, 7) is 0. The van der Waals surface area contributed by atoms with Gasteiger partial charge in [-0.2, -0.15) is 26.3 Å². The largest absolute Gasteiger partial charge is 0.606 e. The molecule has 12 heteroatoms. The maximum atomic E-state index is 14.3. The van der Waals surface area contributed by atoms with Gasteiger partial charge in [-0.1, -0.05) is 0 Å². The molecule has 0 saturated carbocycles. The van der Waals surface area contributed by atoms with Crippen LogP contribution in [0.5, 0.6) is 0 Å². The Balaban J connectivity index is 2.54. The van der Waals surface area contributed by atoms with Gasteiger partial charge in [-0.25, -0.2) is 17.6 Å². The number of alkyl halides is 6. The zero-order valence-corrected chi connectivity index (χ0v) is 14.1. The Bertz CT molecular complexity index is 804. The summed E-state index contributed by atoms with van der Waals surface area (Å²) in [5.74, 6) is -6.99. The van der Waals surface area contributed by atoms with Crippen molar-refractivity contribution in [3.05, 3.63) is 58.7 Å². The monoisotopic (exact) mass is 438 g/mol. The summed E-state index contributed by atoms with van der Waals surface area (Å²) < 4.78 is 143. The van der Waals surface area contributed by atoms with E-state index in [4.69, 9.17) is 0 Å². The molecule has 0 saturated heterocycles. The van der Waals surface area contributed by atoms with E-state index in [2.05, 4.69) is 0 Å². The van der Waals surface area contributed by atoms with Crippen molar-refractivity contribution in [2.24, 2.45) is 0 Å². The van der Waals surface area contributed by atoms with Gasteiger partial charge in [0, 0.05) is 22.3 Å². The highest BCUT2D eigenvalue weighted by Crippen LogP contribution is 2.34. The first-order valence-electron chi connectivity index (χ1n) is 7.20. The van der Waals surface area contributed by atoms with E-state index in [0.29, 0.717) is 24.3 Å². The first kappa shape index (κ1) is 22.3. The van der Waals surface area contributed by atoms with Crippen LogP contribution in [0.1, 0.15) is 11.1 Å². The van der Waals surface area contributed by atoms with E-state index in [1.807, 2.05) is 0 Å². The Morgan fingerprint density at radius 3 is 1.25 bits per heavy atom. The van der Waals surface area contributed by atoms with Crippen molar-refractivity contribution < 1.29 is 48.5 Å². The summed E-state index contributed by atoms with van der Waals surface area (Å²) in [7, 11) is 0. The summed E-state index contributed by atoms with van der Waals surface area (Å²) in [4.78, 5) is -2.19. The molecule has 0 bridgehead atoms. The van der Waals surface area contributed by atoms with Gasteiger partial charge in [-0.3, -0.25) is 0 Å². The molecule has 154 valence electrons. The highest BCUT2D eigenvalue weighted by Gasteiger charge is 2.37. The molecule has 0 N–H and O–H groups in total. The van der Waals surface area contributed by atoms with Crippen LogP contribution < -0.4 is 0 Å². The third-order valence-electron chi connectivity index (χ3n) is 3.46.